The van der Waals surface area contributed by atoms with Crippen molar-refractivity contribution in [1.29, 1.82) is 0 Å². The largest absolute Gasteiger partial charge is 0.481 e. The Balaban J connectivity index is 1.88. The van der Waals surface area contributed by atoms with E-state index in [2.05, 4.69) is 15.3 Å². The summed E-state index contributed by atoms with van der Waals surface area (Å²) in [5.74, 6) is -1.94. The fraction of sp³-hybridized carbons (Fsp3) is 0.692. The molecule has 134 valence electrons. The molecule has 0 unspecified atom stereocenters. The third kappa shape index (κ3) is 2.88. The maximum Gasteiger partial charge on any atom is 0.451 e. The molecule has 0 aliphatic carbocycles. The average molecular weight is 351 g/mol. The Labute approximate surface area is 134 Å². The molecule has 3 N–H and O–H groups in total. The number of rotatable bonds is 3. The van der Waals surface area contributed by atoms with Gasteiger partial charge in [-0.15, -0.1) is 0 Å². The molecular weight excluding hydrogens is 335 g/mol. The Morgan fingerprint density at radius 2 is 2.08 bits per heavy atom. The number of anilines is 1. The van der Waals surface area contributed by atoms with Crippen LogP contribution in [0.1, 0.15) is 12.7 Å². The van der Waals surface area contributed by atoms with Crippen molar-refractivity contribution in [3.8, 4) is 5.88 Å². The number of fused-ring (bicyclic) bond motifs is 2. The number of aliphatic hydroxyl groups is 2. The van der Waals surface area contributed by atoms with Gasteiger partial charge < -0.3 is 29.7 Å². The molecule has 5 atom stereocenters. The molecule has 2 fully saturated rings. The number of nitrogens with zero attached hydrogens (tertiary/aromatic N) is 2. The Morgan fingerprint density at radius 1 is 1.38 bits per heavy atom. The molecule has 2 bridgehead atoms. The smallest absolute Gasteiger partial charge is 0.451 e. The van der Waals surface area contributed by atoms with Crippen LogP contribution < -0.4 is 10.1 Å². The fourth-order valence-electron chi connectivity index (χ4n) is 2.69. The molecule has 1 aromatic heterocycles. The monoisotopic (exact) mass is 351 g/mol. The second-order valence-corrected chi connectivity index (χ2v) is 5.83. The van der Waals surface area contributed by atoms with E-state index < -0.39 is 42.1 Å². The molecule has 0 saturated carbocycles. The third-order valence-electron chi connectivity index (χ3n) is 4.01. The molecule has 0 spiro atoms. The number of halogens is 3. The van der Waals surface area contributed by atoms with Gasteiger partial charge in [-0.05, 0) is 6.92 Å². The van der Waals surface area contributed by atoms with E-state index in [9.17, 15) is 23.4 Å². The van der Waals surface area contributed by atoms with Crippen LogP contribution in [0, 0.1) is 0 Å². The molecule has 3 rings (SSSR count). The topological polar surface area (TPSA) is 106 Å². The zero-order valence-electron chi connectivity index (χ0n) is 12.7. The van der Waals surface area contributed by atoms with Crippen LogP contribution in [0.2, 0.25) is 0 Å². The predicted molar refractivity (Wildman–Crippen MR) is 72.2 cm³/mol. The van der Waals surface area contributed by atoms with Gasteiger partial charge >= 0.3 is 6.18 Å². The summed E-state index contributed by atoms with van der Waals surface area (Å²) in [6, 6.07) is 0.119. The summed E-state index contributed by atoms with van der Waals surface area (Å²) in [7, 11) is 1.17. The van der Waals surface area contributed by atoms with E-state index in [1.54, 1.807) is 6.92 Å². The first-order valence-corrected chi connectivity index (χ1v) is 7.06. The minimum Gasteiger partial charge on any atom is -0.481 e. The number of aliphatic hydroxyl groups excluding tert-OH is 2. The number of hydrogen-bond acceptors (Lipinski definition) is 8. The first-order chi connectivity index (χ1) is 11.1. The highest BCUT2D eigenvalue weighted by atomic mass is 19.4. The van der Waals surface area contributed by atoms with Crippen molar-refractivity contribution in [2.75, 3.05) is 19.0 Å². The van der Waals surface area contributed by atoms with Gasteiger partial charge in [-0.25, -0.2) is 4.98 Å². The molecule has 0 aromatic carbocycles. The first kappa shape index (κ1) is 17.1. The van der Waals surface area contributed by atoms with E-state index >= 15 is 0 Å². The van der Waals surface area contributed by atoms with Gasteiger partial charge in [-0.3, -0.25) is 0 Å². The minimum atomic E-state index is -4.77. The highest BCUT2D eigenvalue weighted by Crippen LogP contribution is 2.38. The summed E-state index contributed by atoms with van der Waals surface area (Å²) in [4.78, 5) is 6.61. The van der Waals surface area contributed by atoms with E-state index in [0.717, 1.165) is 6.07 Å². The summed E-state index contributed by atoms with van der Waals surface area (Å²) in [5.41, 5.74) is -1.07. The normalized spacial score (nSPS) is 35.8. The van der Waals surface area contributed by atoms with Gasteiger partial charge in [0.15, 0.2) is 6.29 Å². The maximum absolute atomic E-state index is 12.9. The van der Waals surface area contributed by atoms with Gasteiger partial charge in [0.2, 0.25) is 11.7 Å². The van der Waals surface area contributed by atoms with Gasteiger partial charge in [0.25, 0.3) is 0 Å². The number of nitrogens with one attached hydrogen (secondary N) is 1. The van der Waals surface area contributed by atoms with Crippen LogP contribution in [0.25, 0.3) is 0 Å². The van der Waals surface area contributed by atoms with E-state index in [1.165, 1.54) is 7.11 Å². The second-order valence-electron chi connectivity index (χ2n) is 5.83. The van der Waals surface area contributed by atoms with Crippen LogP contribution >= 0.6 is 0 Å². The van der Waals surface area contributed by atoms with E-state index in [-0.39, 0.29) is 18.3 Å². The number of alkyl halides is 3. The molecule has 0 radical (unpaired) electrons. The molecule has 0 amide bonds. The van der Waals surface area contributed by atoms with Crippen molar-refractivity contribution < 1.29 is 37.6 Å². The van der Waals surface area contributed by atoms with Crippen molar-refractivity contribution in [2.45, 2.75) is 43.2 Å². The SMILES string of the molecule is COc1cc(N[C@H]2[C@H]3OC[C@](C)(O3)[C@H](O)[C@@H]2O)nc(C(F)(F)F)n1. The number of hydrogen-bond donors (Lipinski definition) is 3. The Hall–Kier alpha value is -1.69. The van der Waals surface area contributed by atoms with E-state index in [1.807, 2.05) is 0 Å². The second kappa shape index (κ2) is 5.69. The summed E-state index contributed by atoms with van der Waals surface area (Å²) < 4.78 is 54.2. The highest BCUT2D eigenvalue weighted by Gasteiger charge is 2.56. The average Bonchev–Trinajstić information content (AvgIpc) is 2.89. The van der Waals surface area contributed by atoms with Crippen LogP contribution in [-0.2, 0) is 15.7 Å². The molecule has 11 heteroatoms. The highest BCUT2D eigenvalue weighted by molar-refractivity contribution is 5.41. The third-order valence-corrected chi connectivity index (χ3v) is 4.01. The van der Waals surface area contributed by atoms with Gasteiger partial charge in [0.1, 0.15) is 29.7 Å². The van der Waals surface area contributed by atoms with Crippen LogP contribution in [0.3, 0.4) is 0 Å². The van der Waals surface area contributed by atoms with Crippen LogP contribution in [0.15, 0.2) is 6.07 Å². The molecule has 8 nitrogen and oxygen atoms in total. The van der Waals surface area contributed by atoms with Crippen molar-refractivity contribution in [3.05, 3.63) is 11.9 Å². The van der Waals surface area contributed by atoms with E-state index in [0.29, 0.717) is 0 Å². The Morgan fingerprint density at radius 3 is 2.71 bits per heavy atom. The zero-order valence-corrected chi connectivity index (χ0v) is 12.7. The predicted octanol–water partition coefficient (Wildman–Crippen LogP) is 0.151. The summed E-state index contributed by atoms with van der Waals surface area (Å²) >= 11 is 0. The lowest BCUT2D eigenvalue weighted by Gasteiger charge is -2.41. The van der Waals surface area contributed by atoms with Gasteiger partial charge in [0.05, 0.1) is 13.7 Å². The van der Waals surface area contributed by atoms with Crippen molar-refractivity contribution in [1.82, 2.24) is 9.97 Å². The molecule has 2 aliphatic heterocycles. The lowest BCUT2D eigenvalue weighted by Crippen LogP contribution is -2.61. The summed E-state index contributed by atoms with van der Waals surface area (Å²) in [6.07, 6.45) is -8.32. The Kier molecular flexibility index (Phi) is 4.06. The fourth-order valence-corrected chi connectivity index (χ4v) is 2.69. The number of methoxy groups -OCH3 is 1. The summed E-state index contributed by atoms with van der Waals surface area (Å²) in [6.45, 7) is 1.63. The quantitative estimate of drug-likeness (QED) is 0.707. The van der Waals surface area contributed by atoms with Gasteiger partial charge in [0, 0.05) is 6.07 Å². The first-order valence-electron chi connectivity index (χ1n) is 7.06. The van der Waals surface area contributed by atoms with Crippen LogP contribution in [-0.4, -0.2) is 64.0 Å². The van der Waals surface area contributed by atoms with Crippen LogP contribution in [0.4, 0.5) is 19.0 Å². The lowest BCUT2D eigenvalue weighted by molar-refractivity contribution is -0.208. The van der Waals surface area contributed by atoms with E-state index in [4.69, 9.17) is 14.2 Å². The summed E-state index contributed by atoms with van der Waals surface area (Å²) in [5, 5.41) is 23.0. The van der Waals surface area contributed by atoms with Crippen LogP contribution in [0.5, 0.6) is 5.88 Å². The molecular formula is C13H16F3N3O5. The standard InChI is InChI=1S/C13H16F3N3O5/c1-12-4-23-10(24-12)7(8(20)9(12)21)17-5-3-6(22-2)19-11(18-5)13(14,15)16/h3,7-10,20-21H,4H2,1-2H3,(H,17,18,19)/t7-,8-,9-,10+,12+/m1/s1. The van der Waals surface area contributed by atoms with Gasteiger partial charge in [-0.1, -0.05) is 0 Å². The Bertz CT molecular complexity index is 631. The zero-order chi connectivity index (χ0) is 17.7. The number of ether oxygens (including phenoxy) is 3. The maximum atomic E-state index is 12.9. The molecule has 2 saturated heterocycles. The van der Waals surface area contributed by atoms with Crippen molar-refractivity contribution in [3.63, 3.8) is 0 Å². The number of aromatic nitrogens is 2. The molecule has 1 aromatic rings. The molecule has 3 heterocycles. The van der Waals surface area contributed by atoms with Crippen molar-refractivity contribution >= 4 is 5.82 Å². The lowest BCUT2D eigenvalue weighted by atomic mass is 9.89. The molecule has 24 heavy (non-hydrogen) atoms. The molecule has 2 aliphatic rings. The van der Waals surface area contributed by atoms with Gasteiger partial charge in [-0.2, -0.15) is 18.2 Å². The minimum absolute atomic E-state index is 0.0506. The van der Waals surface area contributed by atoms with Crippen molar-refractivity contribution in [2.24, 2.45) is 0 Å².